The van der Waals surface area contributed by atoms with Gasteiger partial charge in [-0.15, -0.1) is 0 Å². The molecule has 0 aliphatic heterocycles. The molecule has 7 nitrogen and oxygen atoms in total. The zero-order valence-electron chi connectivity index (χ0n) is 17.5. The van der Waals surface area contributed by atoms with Crippen molar-refractivity contribution in [3.05, 3.63) is 53.1 Å². The second-order valence-electron chi connectivity index (χ2n) is 6.98. The summed E-state index contributed by atoms with van der Waals surface area (Å²) < 4.78 is 36.2. The molecule has 2 rings (SSSR count). The topological polar surface area (TPSA) is 84.9 Å². The largest absolute Gasteiger partial charge is 0.495 e. The number of anilines is 1. The Balaban J connectivity index is 1.97. The molecular weight excluding hydrogens is 428 g/mol. The number of amides is 1. The third-order valence-corrected chi connectivity index (χ3v) is 5.77. The van der Waals surface area contributed by atoms with E-state index < -0.39 is 15.9 Å². The van der Waals surface area contributed by atoms with Crippen LogP contribution in [0.2, 0.25) is 5.02 Å². The third kappa shape index (κ3) is 6.53. The number of carbonyl (C=O) groups excluding carboxylic acids is 1. The smallest absolute Gasteiger partial charge is 0.240 e. The predicted molar refractivity (Wildman–Crippen MR) is 119 cm³/mol. The van der Waals surface area contributed by atoms with Gasteiger partial charge in [-0.25, -0.2) is 8.42 Å². The van der Waals surface area contributed by atoms with Gasteiger partial charge in [0, 0.05) is 0 Å². The van der Waals surface area contributed by atoms with Gasteiger partial charge in [-0.3, -0.25) is 9.10 Å². The molecule has 1 amide bonds. The van der Waals surface area contributed by atoms with Crippen molar-refractivity contribution in [2.75, 3.05) is 37.4 Å². The Morgan fingerprint density at radius 1 is 1.17 bits per heavy atom. The van der Waals surface area contributed by atoms with E-state index in [0.717, 1.165) is 21.9 Å². The fourth-order valence-electron chi connectivity index (χ4n) is 2.84. The lowest BCUT2D eigenvalue weighted by Crippen LogP contribution is -2.41. The van der Waals surface area contributed by atoms with E-state index in [1.807, 2.05) is 24.3 Å². The highest BCUT2D eigenvalue weighted by molar-refractivity contribution is 7.92. The number of sulfonamides is 1. The molecule has 0 saturated heterocycles. The van der Waals surface area contributed by atoms with Crippen LogP contribution in [0.4, 0.5) is 5.69 Å². The van der Waals surface area contributed by atoms with E-state index in [-0.39, 0.29) is 30.4 Å². The summed E-state index contributed by atoms with van der Waals surface area (Å²) in [6.45, 7) is 4.29. The minimum absolute atomic E-state index is 0.242. The van der Waals surface area contributed by atoms with Gasteiger partial charge in [-0.05, 0) is 35.7 Å². The van der Waals surface area contributed by atoms with Crippen LogP contribution in [-0.4, -0.2) is 47.4 Å². The van der Waals surface area contributed by atoms with Gasteiger partial charge in [0.05, 0.1) is 30.6 Å². The summed E-state index contributed by atoms with van der Waals surface area (Å²) in [6.07, 6.45) is 1.03. The molecule has 164 valence electrons. The van der Waals surface area contributed by atoms with Crippen LogP contribution in [0, 0.1) is 0 Å². The highest BCUT2D eigenvalue weighted by Gasteiger charge is 2.21. The van der Waals surface area contributed by atoms with Crippen LogP contribution in [0.25, 0.3) is 0 Å². The summed E-state index contributed by atoms with van der Waals surface area (Å²) in [5, 5.41) is 2.93. The molecule has 0 radical (unpaired) electrons. The Hall–Kier alpha value is -2.45. The molecular formula is C21H27ClN2O5S. The van der Waals surface area contributed by atoms with Crippen LogP contribution in [0.1, 0.15) is 25.3 Å². The van der Waals surface area contributed by atoms with Gasteiger partial charge in [-0.2, -0.15) is 0 Å². The zero-order chi connectivity index (χ0) is 22.3. The highest BCUT2D eigenvalue weighted by Crippen LogP contribution is 2.30. The van der Waals surface area contributed by atoms with Gasteiger partial charge in [0.15, 0.2) is 0 Å². The number of carbonyl (C=O) groups is 1. The third-order valence-electron chi connectivity index (χ3n) is 4.33. The van der Waals surface area contributed by atoms with Gasteiger partial charge < -0.3 is 14.8 Å². The van der Waals surface area contributed by atoms with E-state index in [9.17, 15) is 13.2 Å². The van der Waals surface area contributed by atoms with Crippen LogP contribution < -0.4 is 19.1 Å². The second kappa shape index (κ2) is 10.5. The summed E-state index contributed by atoms with van der Waals surface area (Å²) >= 11 is 6.09. The minimum atomic E-state index is -3.70. The maximum absolute atomic E-state index is 12.3. The molecule has 30 heavy (non-hydrogen) atoms. The van der Waals surface area contributed by atoms with Crippen LogP contribution in [-0.2, 0) is 14.8 Å². The lowest BCUT2D eigenvalue weighted by molar-refractivity contribution is -0.119. The van der Waals surface area contributed by atoms with Gasteiger partial charge in [-0.1, -0.05) is 43.6 Å². The number of nitrogens with zero attached hydrogens (tertiary/aromatic N) is 1. The van der Waals surface area contributed by atoms with Crippen LogP contribution in [0.5, 0.6) is 11.5 Å². The number of ether oxygens (including phenoxy) is 2. The average Bonchev–Trinajstić information content (AvgIpc) is 2.68. The lowest BCUT2D eigenvalue weighted by atomic mass is 10.0. The van der Waals surface area contributed by atoms with Gasteiger partial charge in [0.25, 0.3) is 0 Å². The first kappa shape index (κ1) is 23.8. The first-order valence-electron chi connectivity index (χ1n) is 9.43. The summed E-state index contributed by atoms with van der Waals surface area (Å²) in [5.74, 6) is 1.05. The SMILES string of the molecule is COc1ccc(N(CC(=O)NCCOc2ccccc2C(C)C)S(C)(=O)=O)cc1Cl. The number of hydrogen-bond acceptors (Lipinski definition) is 5. The first-order chi connectivity index (χ1) is 14.1. The molecule has 0 heterocycles. The molecule has 0 aliphatic carbocycles. The number of nitrogens with one attached hydrogen (secondary N) is 1. The molecule has 0 saturated carbocycles. The molecule has 2 aromatic carbocycles. The van der Waals surface area contributed by atoms with Crippen LogP contribution >= 0.6 is 11.6 Å². The molecule has 9 heteroatoms. The number of methoxy groups -OCH3 is 1. The average molecular weight is 455 g/mol. The Morgan fingerprint density at radius 2 is 1.87 bits per heavy atom. The standard InChI is InChI=1S/C21H27ClN2O5S/c1-15(2)17-7-5-6-8-19(17)29-12-11-23-21(25)14-24(30(4,26)27)16-9-10-20(28-3)18(22)13-16/h5-10,13,15H,11-12,14H2,1-4H3,(H,23,25). The maximum Gasteiger partial charge on any atom is 0.240 e. The van der Waals surface area contributed by atoms with E-state index >= 15 is 0 Å². The zero-order valence-corrected chi connectivity index (χ0v) is 19.1. The number of benzene rings is 2. The first-order valence-corrected chi connectivity index (χ1v) is 11.7. The monoisotopic (exact) mass is 454 g/mol. The number of rotatable bonds is 10. The van der Waals surface area contributed by atoms with Gasteiger partial charge in [0.2, 0.25) is 15.9 Å². The van der Waals surface area contributed by atoms with Crippen molar-refractivity contribution in [3.8, 4) is 11.5 Å². The minimum Gasteiger partial charge on any atom is -0.495 e. The maximum atomic E-state index is 12.3. The normalized spacial score (nSPS) is 11.3. The number of halogens is 1. The van der Waals surface area contributed by atoms with Crippen molar-refractivity contribution in [2.45, 2.75) is 19.8 Å². The lowest BCUT2D eigenvalue weighted by Gasteiger charge is -2.22. The van der Waals surface area contributed by atoms with E-state index in [1.165, 1.54) is 19.2 Å². The molecule has 2 aromatic rings. The fraction of sp³-hybridized carbons (Fsp3) is 0.381. The summed E-state index contributed by atoms with van der Waals surface area (Å²) in [5.41, 5.74) is 1.36. The molecule has 0 unspecified atom stereocenters. The van der Waals surface area contributed by atoms with Crippen molar-refractivity contribution in [3.63, 3.8) is 0 Å². The molecule has 0 aliphatic rings. The van der Waals surface area contributed by atoms with Crippen molar-refractivity contribution in [1.29, 1.82) is 0 Å². The van der Waals surface area contributed by atoms with Crippen LogP contribution in [0.3, 0.4) is 0 Å². The second-order valence-corrected chi connectivity index (χ2v) is 9.29. The number of hydrogen-bond donors (Lipinski definition) is 1. The van der Waals surface area contributed by atoms with Crippen LogP contribution in [0.15, 0.2) is 42.5 Å². The van der Waals surface area contributed by atoms with Crippen molar-refractivity contribution in [1.82, 2.24) is 5.32 Å². The quantitative estimate of drug-likeness (QED) is 0.556. The molecule has 0 fully saturated rings. The van der Waals surface area contributed by atoms with Gasteiger partial charge >= 0.3 is 0 Å². The van der Waals surface area contributed by atoms with E-state index in [2.05, 4.69) is 19.2 Å². The Bertz CT molecular complexity index is 979. The Kier molecular flexibility index (Phi) is 8.37. The summed E-state index contributed by atoms with van der Waals surface area (Å²) in [6, 6.07) is 12.3. The van der Waals surface area contributed by atoms with E-state index in [4.69, 9.17) is 21.1 Å². The predicted octanol–water partition coefficient (Wildman–Crippen LogP) is 3.43. The fourth-order valence-corrected chi connectivity index (χ4v) is 3.94. The van der Waals surface area contributed by atoms with Crippen molar-refractivity contribution >= 4 is 33.2 Å². The molecule has 1 N–H and O–H groups in total. The molecule has 0 aromatic heterocycles. The number of para-hydroxylation sites is 1. The summed E-state index contributed by atoms with van der Waals surface area (Å²) in [7, 11) is -2.23. The highest BCUT2D eigenvalue weighted by atomic mass is 35.5. The molecule has 0 bridgehead atoms. The summed E-state index contributed by atoms with van der Waals surface area (Å²) in [4.78, 5) is 12.3. The Morgan fingerprint density at radius 3 is 2.47 bits per heavy atom. The van der Waals surface area contributed by atoms with Crippen molar-refractivity contribution < 1.29 is 22.7 Å². The Labute approximate surface area is 183 Å². The van der Waals surface area contributed by atoms with E-state index in [0.29, 0.717) is 11.7 Å². The van der Waals surface area contributed by atoms with E-state index in [1.54, 1.807) is 6.07 Å². The molecule has 0 spiro atoms. The van der Waals surface area contributed by atoms with Gasteiger partial charge in [0.1, 0.15) is 24.7 Å². The van der Waals surface area contributed by atoms with Crippen molar-refractivity contribution in [2.24, 2.45) is 0 Å². The molecule has 0 atom stereocenters.